The largest absolute Gasteiger partial charge is 0.385 e. The van der Waals surface area contributed by atoms with Crippen molar-refractivity contribution in [1.82, 2.24) is 10.2 Å². The topological polar surface area (TPSA) is 31.2 Å². The van der Waals surface area contributed by atoms with E-state index >= 15 is 0 Å². The first-order chi connectivity index (χ1) is 21.7. The third kappa shape index (κ3) is 9.02. The Bertz CT molecular complexity index is 1320. The van der Waals surface area contributed by atoms with Gasteiger partial charge in [0.15, 0.2) is 5.69 Å². The molecular formula is C40H59N4+. The number of aryl methyl sites for hydroxylation is 2. The van der Waals surface area contributed by atoms with E-state index in [0.717, 1.165) is 26.2 Å². The molecule has 4 nitrogen and oxygen atoms in total. The van der Waals surface area contributed by atoms with Crippen LogP contribution in [0, 0.1) is 6.92 Å². The van der Waals surface area contributed by atoms with Gasteiger partial charge in [-0.05, 0) is 44.7 Å². The van der Waals surface area contributed by atoms with E-state index in [1.807, 2.05) is 0 Å². The molecule has 1 aromatic heterocycles. The number of benzene rings is 1. The van der Waals surface area contributed by atoms with Gasteiger partial charge < -0.3 is 15.5 Å². The second-order valence-electron chi connectivity index (χ2n) is 13.4. The van der Waals surface area contributed by atoms with E-state index in [2.05, 4.69) is 94.7 Å². The zero-order chi connectivity index (χ0) is 30.4. The Kier molecular flexibility index (Phi) is 12.9. The lowest BCUT2D eigenvalue weighted by atomic mass is 9.93. The Morgan fingerprint density at radius 1 is 0.705 bits per heavy atom. The highest BCUT2D eigenvalue weighted by Crippen LogP contribution is 2.30. The number of anilines is 1. The van der Waals surface area contributed by atoms with Crippen molar-refractivity contribution in [2.45, 2.75) is 129 Å². The molecule has 4 heterocycles. The van der Waals surface area contributed by atoms with Crippen molar-refractivity contribution < 1.29 is 4.57 Å². The molecule has 6 rings (SSSR count). The summed E-state index contributed by atoms with van der Waals surface area (Å²) in [6, 6.07) is 11.8. The van der Waals surface area contributed by atoms with Crippen LogP contribution in [-0.2, 0) is 6.54 Å². The van der Waals surface area contributed by atoms with Crippen LogP contribution in [0.15, 0.2) is 77.7 Å². The number of hydrogen-bond acceptors (Lipinski definition) is 3. The van der Waals surface area contributed by atoms with E-state index in [0.29, 0.717) is 6.04 Å². The van der Waals surface area contributed by atoms with Gasteiger partial charge in [-0.1, -0.05) is 107 Å². The molecule has 0 amide bonds. The summed E-state index contributed by atoms with van der Waals surface area (Å²) in [5.74, 6) is 0. The molecule has 3 aliphatic heterocycles. The molecule has 44 heavy (non-hydrogen) atoms. The maximum atomic E-state index is 3.81. The number of hydrogen-bond donors (Lipinski definition) is 2. The van der Waals surface area contributed by atoms with Gasteiger partial charge in [0.1, 0.15) is 6.54 Å². The lowest BCUT2D eigenvalue weighted by molar-refractivity contribution is -0.677. The minimum Gasteiger partial charge on any atom is -0.385 e. The fourth-order valence-electron chi connectivity index (χ4n) is 7.42. The first-order valence-corrected chi connectivity index (χ1v) is 18.2. The average Bonchev–Trinajstić information content (AvgIpc) is 3.04. The normalized spacial score (nSPS) is 22.3. The molecule has 2 aromatic rings. The van der Waals surface area contributed by atoms with Crippen molar-refractivity contribution in [2.24, 2.45) is 0 Å². The van der Waals surface area contributed by atoms with E-state index in [1.165, 1.54) is 142 Å². The van der Waals surface area contributed by atoms with Gasteiger partial charge in [-0.3, -0.25) is 0 Å². The van der Waals surface area contributed by atoms with Crippen LogP contribution in [-0.4, -0.2) is 30.6 Å². The standard InChI is InChI=1S/C40H58N4/c1-33-31-37-35-23-15-17-25-39(35)43(33)29-21-13-9-5-6-10-14-22-30-44-34(2)32-38(36-24-16-18-26-40(36)44)42-28-20-12-8-4-3-7-11-19-27-41-37/h15-18,23-26,31-32,39,41H,3-14,19-22,27-30H2,1-2H3/p+1. The minimum atomic E-state index is 0.387. The Morgan fingerprint density at radius 3 is 2.09 bits per heavy atom. The van der Waals surface area contributed by atoms with Crippen LogP contribution in [0.25, 0.3) is 10.9 Å². The van der Waals surface area contributed by atoms with E-state index in [9.17, 15) is 0 Å². The summed E-state index contributed by atoms with van der Waals surface area (Å²) >= 11 is 0. The molecule has 0 spiro atoms. The predicted molar refractivity (Wildman–Crippen MR) is 189 cm³/mol. The minimum absolute atomic E-state index is 0.387. The predicted octanol–water partition coefficient (Wildman–Crippen LogP) is 9.66. The highest BCUT2D eigenvalue weighted by atomic mass is 15.2. The first-order valence-electron chi connectivity index (χ1n) is 18.2. The van der Waals surface area contributed by atoms with E-state index in [1.54, 1.807) is 0 Å². The molecule has 2 N–H and O–H groups in total. The summed E-state index contributed by atoms with van der Waals surface area (Å²) in [7, 11) is 0. The van der Waals surface area contributed by atoms with Gasteiger partial charge in [-0.2, -0.15) is 4.57 Å². The average molecular weight is 596 g/mol. The second kappa shape index (κ2) is 17.5. The summed E-state index contributed by atoms with van der Waals surface area (Å²) < 4.78 is 2.55. The molecule has 0 saturated carbocycles. The Balaban J connectivity index is 1.16. The summed E-state index contributed by atoms with van der Waals surface area (Å²) in [4.78, 5) is 2.63. The SMILES string of the molecule is CC1=CC2=C3C=CC=CC3N1CCCCCCCCCC[n+]1c(C)cc(c3ccccc31)NCCCCCCCCCCN2. The zero-order valence-corrected chi connectivity index (χ0v) is 27.9. The summed E-state index contributed by atoms with van der Waals surface area (Å²) in [6.45, 7) is 9.00. The molecule has 238 valence electrons. The first kappa shape index (κ1) is 32.4. The zero-order valence-electron chi connectivity index (χ0n) is 27.9. The Morgan fingerprint density at radius 2 is 1.34 bits per heavy atom. The summed E-state index contributed by atoms with van der Waals surface area (Å²) in [5, 5.41) is 8.97. The summed E-state index contributed by atoms with van der Waals surface area (Å²) in [5.41, 5.74) is 8.26. The molecular weight excluding hydrogens is 536 g/mol. The number of nitrogens with one attached hydrogen (secondary N) is 2. The number of allylic oxidation sites excluding steroid dienone is 4. The van der Waals surface area contributed by atoms with Gasteiger partial charge in [0.2, 0.25) is 5.52 Å². The van der Waals surface area contributed by atoms with E-state index in [4.69, 9.17) is 0 Å². The molecule has 4 bridgehead atoms. The van der Waals surface area contributed by atoms with Crippen molar-refractivity contribution in [3.8, 4) is 0 Å². The lowest BCUT2D eigenvalue weighted by Gasteiger charge is -2.39. The molecule has 0 saturated heterocycles. The monoisotopic (exact) mass is 595 g/mol. The number of nitrogens with zero attached hydrogens (tertiary/aromatic N) is 2. The number of fused-ring (bicyclic) bond motifs is 21. The van der Waals surface area contributed by atoms with Crippen molar-refractivity contribution in [3.63, 3.8) is 0 Å². The Hall–Kier alpha value is -3.01. The van der Waals surface area contributed by atoms with Crippen molar-refractivity contribution in [1.29, 1.82) is 0 Å². The van der Waals surface area contributed by atoms with Crippen LogP contribution in [0.3, 0.4) is 0 Å². The summed E-state index contributed by atoms with van der Waals surface area (Å²) in [6.07, 6.45) is 32.8. The van der Waals surface area contributed by atoms with Gasteiger partial charge in [0.05, 0.1) is 17.1 Å². The van der Waals surface area contributed by atoms with Crippen molar-refractivity contribution >= 4 is 16.6 Å². The number of rotatable bonds is 0. The molecule has 4 heteroatoms. The van der Waals surface area contributed by atoms with Crippen molar-refractivity contribution in [3.05, 3.63) is 83.4 Å². The maximum absolute atomic E-state index is 3.81. The fourth-order valence-corrected chi connectivity index (χ4v) is 7.42. The molecule has 0 fully saturated rings. The van der Waals surface area contributed by atoms with Gasteiger partial charge >= 0.3 is 0 Å². The third-order valence-corrected chi connectivity index (χ3v) is 9.98. The van der Waals surface area contributed by atoms with Crippen molar-refractivity contribution in [2.75, 3.05) is 25.0 Å². The van der Waals surface area contributed by atoms with Gasteiger partial charge in [-0.15, -0.1) is 0 Å². The molecule has 0 radical (unpaired) electrons. The Labute approximate surface area is 268 Å². The second-order valence-corrected chi connectivity index (χ2v) is 13.4. The van der Waals surface area contributed by atoms with Crippen LogP contribution in [0.2, 0.25) is 0 Å². The molecule has 4 aliphatic rings. The van der Waals surface area contributed by atoms with Crippen LogP contribution in [0.4, 0.5) is 5.69 Å². The highest BCUT2D eigenvalue weighted by molar-refractivity contribution is 5.89. The van der Waals surface area contributed by atoms with Crippen LogP contribution < -0.4 is 15.2 Å². The molecule has 1 unspecified atom stereocenters. The smallest absolute Gasteiger partial charge is 0.214 e. The van der Waals surface area contributed by atoms with Gasteiger partial charge in [0.25, 0.3) is 0 Å². The molecule has 1 aliphatic carbocycles. The maximum Gasteiger partial charge on any atom is 0.214 e. The lowest BCUT2D eigenvalue weighted by Crippen LogP contribution is -2.39. The molecule has 1 atom stereocenters. The van der Waals surface area contributed by atoms with E-state index < -0.39 is 0 Å². The van der Waals surface area contributed by atoms with Crippen LogP contribution >= 0.6 is 0 Å². The van der Waals surface area contributed by atoms with Gasteiger partial charge in [0, 0.05) is 62.1 Å². The number of pyridine rings is 1. The van der Waals surface area contributed by atoms with E-state index in [-0.39, 0.29) is 0 Å². The number of para-hydroxylation sites is 1. The van der Waals surface area contributed by atoms with Crippen LogP contribution in [0.1, 0.15) is 115 Å². The quantitative estimate of drug-likeness (QED) is 0.297. The van der Waals surface area contributed by atoms with Gasteiger partial charge in [-0.25, -0.2) is 0 Å². The number of aromatic nitrogens is 1. The molecule has 1 aromatic carbocycles. The third-order valence-electron chi connectivity index (χ3n) is 9.98. The van der Waals surface area contributed by atoms with Crippen LogP contribution in [0.5, 0.6) is 0 Å². The highest BCUT2D eigenvalue weighted by Gasteiger charge is 2.26. The fraction of sp³-hybridized carbons (Fsp3) is 0.575.